The third-order valence-electron chi connectivity index (χ3n) is 3.18. The van der Waals surface area contributed by atoms with E-state index >= 15 is 0 Å². The Morgan fingerprint density at radius 2 is 1.63 bits per heavy atom. The van der Waals surface area contributed by atoms with Crippen molar-refractivity contribution in [3.63, 3.8) is 0 Å². The number of quaternary nitrogens is 1. The minimum absolute atomic E-state index is 0.428. The van der Waals surface area contributed by atoms with Gasteiger partial charge in [0, 0.05) is 23.9 Å². The van der Waals surface area contributed by atoms with E-state index in [-0.39, 0.29) is 0 Å². The van der Waals surface area contributed by atoms with E-state index in [1.54, 1.807) is 0 Å². The molecule has 3 nitrogen and oxygen atoms in total. The highest BCUT2D eigenvalue weighted by Crippen LogP contribution is 2.31. The molecule has 0 aromatic rings. The first-order chi connectivity index (χ1) is 9.01. The first-order valence-corrected chi connectivity index (χ1v) is 9.38. The molecule has 0 rings (SSSR count). The molecule has 0 atom stereocenters. The predicted molar refractivity (Wildman–Crippen MR) is 95.1 cm³/mol. The molecule has 0 aromatic heterocycles. The summed E-state index contributed by atoms with van der Waals surface area (Å²) in [7, 11) is 3.06. The van der Waals surface area contributed by atoms with Gasteiger partial charge in [-0.2, -0.15) is 5.26 Å². The van der Waals surface area contributed by atoms with Crippen LogP contribution in [0.25, 0.3) is 0 Å². The van der Waals surface area contributed by atoms with E-state index in [1.807, 2.05) is 0 Å². The molecule has 19 heavy (non-hydrogen) atoms. The van der Waals surface area contributed by atoms with Crippen molar-refractivity contribution < 1.29 is 4.48 Å². The molecular weight excluding hydrogens is 314 g/mol. The fraction of sp³-hybridized carbons (Fsp3) is 0.750. The van der Waals surface area contributed by atoms with Gasteiger partial charge in [-0.25, -0.2) is 0 Å². The lowest BCUT2D eigenvalue weighted by molar-refractivity contribution is -0.824. The van der Waals surface area contributed by atoms with Gasteiger partial charge in [0.05, 0.1) is 13.1 Å². The third-order valence-corrected chi connectivity index (χ3v) is 7.17. The molecule has 0 amide bonds. The molecule has 0 aliphatic carbocycles. The van der Waals surface area contributed by atoms with Crippen molar-refractivity contribution in [1.82, 2.24) is 4.90 Å². The zero-order chi connectivity index (χ0) is 14.9. The van der Waals surface area contributed by atoms with Crippen molar-refractivity contribution in [2.75, 3.05) is 32.7 Å². The maximum absolute atomic E-state index is 8.98. The minimum atomic E-state index is 0.428. The van der Waals surface area contributed by atoms with Gasteiger partial charge in [-0.15, -0.1) is 0 Å². The number of thiocarbonyl (C=S) groups is 2. The van der Waals surface area contributed by atoms with Crippen molar-refractivity contribution in [3.05, 3.63) is 0 Å². The first-order valence-electron chi connectivity index (χ1n) is 6.42. The van der Waals surface area contributed by atoms with Crippen molar-refractivity contribution in [2.24, 2.45) is 0 Å². The number of rotatable bonds is 5. The molecule has 0 aliphatic rings. The fourth-order valence-electron chi connectivity index (χ4n) is 1.59. The lowest BCUT2D eigenvalue weighted by Gasteiger charge is -2.33. The van der Waals surface area contributed by atoms with Crippen LogP contribution in [0.4, 0.5) is 0 Å². The van der Waals surface area contributed by atoms with Crippen molar-refractivity contribution in [2.45, 2.75) is 27.7 Å². The summed E-state index contributed by atoms with van der Waals surface area (Å²) in [6.45, 7) is 12.3. The molecular formula is C12H22N3S4+. The number of nitriles is 1. The molecule has 0 fully saturated rings. The average Bonchev–Trinajstić information content (AvgIpc) is 2.43. The topological polar surface area (TPSA) is 27.0 Å². The van der Waals surface area contributed by atoms with Crippen LogP contribution in [0.5, 0.6) is 0 Å². The highest BCUT2D eigenvalue weighted by atomic mass is 33.1. The maximum atomic E-state index is 8.98. The molecule has 0 bridgehead atoms. The largest absolute Gasteiger partial charge is 0.357 e. The lowest BCUT2D eigenvalue weighted by Crippen LogP contribution is -2.50. The molecule has 0 radical (unpaired) electrons. The van der Waals surface area contributed by atoms with E-state index in [2.05, 4.69) is 38.7 Å². The Balaban J connectivity index is 4.59. The second kappa shape index (κ2) is 9.94. The second-order valence-electron chi connectivity index (χ2n) is 3.96. The quantitative estimate of drug-likeness (QED) is 0.329. The van der Waals surface area contributed by atoms with Crippen LogP contribution in [0, 0.1) is 11.3 Å². The van der Waals surface area contributed by atoms with Crippen LogP contribution in [0.3, 0.4) is 0 Å². The Kier molecular flexibility index (Phi) is 10.0. The van der Waals surface area contributed by atoms with Gasteiger partial charge in [0.25, 0.3) is 0 Å². The highest BCUT2D eigenvalue weighted by molar-refractivity contribution is 8.89. The molecule has 0 saturated carbocycles. The Morgan fingerprint density at radius 1 is 1.11 bits per heavy atom. The standard InChI is InChI=1S/C12H22N3S4/c1-5-14(6-2)11(16)18-19-12(17)15(7-3,8-4)10-9-13/h5-8,10H2,1-4H3/q+1. The van der Waals surface area contributed by atoms with Gasteiger partial charge < -0.3 is 4.90 Å². The minimum Gasteiger partial charge on any atom is -0.357 e. The second-order valence-corrected chi connectivity index (χ2v) is 7.36. The number of hydrogen-bond donors (Lipinski definition) is 0. The summed E-state index contributed by atoms with van der Waals surface area (Å²) in [5, 5.41) is 8.98. The molecule has 7 heteroatoms. The van der Waals surface area contributed by atoms with Crippen LogP contribution in [0.1, 0.15) is 27.7 Å². The maximum Gasteiger partial charge on any atom is 0.245 e. The lowest BCUT2D eigenvalue weighted by atomic mass is 10.4. The van der Waals surface area contributed by atoms with Gasteiger partial charge in [-0.05, 0) is 50.7 Å². The van der Waals surface area contributed by atoms with Gasteiger partial charge >= 0.3 is 0 Å². The van der Waals surface area contributed by atoms with E-state index in [4.69, 9.17) is 29.7 Å². The van der Waals surface area contributed by atoms with Crippen LogP contribution >= 0.6 is 46.0 Å². The summed E-state index contributed by atoms with van der Waals surface area (Å²) in [4.78, 5) is 2.13. The first kappa shape index (κ1) is 19.1. The Hall–Kier alpha value is 0.130. The normalized spacial score (nSPS) is 10.9. The summed E-state index contributed by atoms with van der Waals surface area (Å²) < 4.78 is 2.26. The molecule has 0 N–H and O–H groups in total. The smallest absolute Gasteiger partial charge is 0.245 e. The van der Waals surface area contributed by atoms with E-state index in [0.29, 0.717) is 11.0 Å². The summed E-state index contributed by atoms with van der Waals surface area (Å²) in [5.74, 6) is 0. The molecule has 0 spiro atoms. The highest BCUT2D eigenvalue weighted by Gasteiger charge is 2.30. The summed E-state index contributed by atoms with van der Waals surface area (Å²) in [6, 6.07) is 2.24. The van der Waals surface area contributed by atoms with Crippen LogP contribution < -0.4 is 0 Å². The van der Waals surface area contributed by atoms with E-state index in [1.165, 1.54) is 21.6 Å². The zero-order valence-electron chi connectivity index (χ0n) is 12.0. The third kappa shape index (κ3) is 5.56. The average molecular weight is 337 g/mol. The zero-order valence-corrected chi connectivity index (χ0v) is 15.3. The summed E-state index contributed by atoms with van der Waals surface area (Å²) >= 11 is 10.9. The van der Waals surface area contributed by atoms with Crippen LogP contribution in [0.2, 0.25) is 0 Å². The van der Waals surface area contributed by atoms with Crippen molar-refractivity contribution in [3.8, 4) is 6.07 Å². The molecule has 0 unspecified atom stereocenters. The van der Waals surface area contributed by atoms with E-state index < -0.39 is 0 Å². The molecule has 0 saturated heterocycles. The SMILES string of the molecule is CCN(CC)C(=S)SSC(=S)[N+](CC)(CC)CC#N. The van der Waals surface area contributed by atoms with Gasteiger partial charge in [0.2, 0.25) is 4.32 Å². The summed E-state index contributed by atoms with van der Waals surface area (Å²) in [6.07, 6.45) is 0. The van der Waals surface area contributed by atoms with Gasteiger partial charge in [0.15, 0.2) is 6.54 Å². The van der Waals surface area contributed by atoms with E-state index in [9.17, 15) is 0 Å². The molecule has 0 heterocycles. The molecule has 108 valence electrons. The summed E-state index contributed by atoms with van der Waals surface area (Å²) in [5.41, 5.74) is 0. The Morgan fingerprint density at radius 3 is 2.00 bits per heavy atom. The molecule has 0 aromatic carbocycles. The monoisotopic (exact) mass is 336 g/mol. The van der Waals surface area contributed by atoms with Crippen LogP contribution in [-0.4, -0.2) is 50.7 Å². The Labute approximate surface area is 135 Å². The van der Waals surface area contributed by atoms with Crippen molar-refractivity contribution in [1.29, 1.82) is 5.26 Å². The van der Waals surface area contributed by atoms with Crippen LogP contribution in [-0.2, 0) is 0 Å². The van der Waals surface area contributed by atoms with Gasteiger partial charge in [-0.3, -0.25) is 4.48 Å². The number of nitrogens with zero attached hydrogens (tertiary/aromatic N) is 3. The van der Waals surface area contributed by atoms with E-state index in [0.717, 1.165) is 34.8 Å². The predicted octanol–water partition coefficient (Wildman–Crippen LogP) is 3.66. The van der Waals surface area contributed by atoms with Gasteiger partial charge in [0.1, 0.15) is 10.4 Å². The Bertz CT molecular complexity index is 343. The number of hydrogen-bond acceptors (Lipinski definition) is 5. The van der Waals surface area contributed by atoms with Gasteiger partial charge in [-0.1, -0.05) is 12.2 Å². The van der Waals surface area contributed by atoms with Crippen LogP contribution in [0.15, 0.2) is 0 Å². The fourth-order valence-corrected chi connectivity index (χ4v) is 4.99. The molecule has 0 aliphatic heterocycles. The van der Waals surface area contributed by atoms with Crippen molar-refractivity contribution >= 4 is 54.7 Å².